The SMILES string of the molecule is CC(C)CCC[C@H](C)NC(=O)CSc1nnc(CCC(N)=O)n1C[C@H]1CCCO1. The third kappa shape index (κ3) is 8.74. The molecule has 2 heterocycles. The van der Waals surface area contributed by atoms with E-state index in [1.165, 1.54) is 18.2 Å². The Balaban J connectivity index is 1.89. The molecule has 0 bridgehead atoms. The molecule has 0 aliphatic carbocycles. The van der Waals surface area contributed by atoms with Gasteiger partial charge in [-0.25, -0.2) is 0 Å². The number of rotatable bonds is 13. The summed E-state index contributed by atoms with van der Waals surface area (Å²) in [6, 6.07) is 0.165. The maximum atomic E-state index is 12.3. The van der Waals surface area contributed by atoms with Crippen LogP contribution in [0, 0.1) is 5.92 Å². The van der Waals surface area contributed by atoms with Gasteiger partial charge in [-0.2, -0.15) is 0 Å². The van der Waals surface area contributed by atoms with Gasteiger partial charge in [0.1, 0.15) is 5.82 Å². The molecule has 0 unspecified atom stereocenters. The Kier molecular flexibility index (Phi) is 9.93. The summed E-state index contributed by atoms with van der Waals surface area (Å²) in [5.41, 5.74) is 5.28. The summed E-state index contributed by atoms with van der Waals surface area (Å²) in [4.78, 5) is 23.5. The van der Waals surface area contributed by atoms with Gasteiger partial charge < -0.3 is 20.4 Å². The molecule has 8 nitrogen and oxygen atoms in total. The average Bonchev–Trinajstić information content (AvgIpc) is 3.28. The third-order valence-electron chi connectivity index (χ3n) is 4.96. The van der Waals surface area contributed by atoms with Crippen molar-refractivity contribution >= 4 is 23.6 Å². The number of hydrogen-bond donors (Lipinski definition) is 2. The van der Waals surface area contributed by atoms with Crippen LogP contribution in [0.25, 0.3) is 0 Å². The fourth-order valence-electron chi connectivity index (χ4n) is 3.37. The number of nitrogens with zero attached hydrogens (tertiary/aromatic N) is 3. The van der Waals surface area contributed by atoms with Crippen LogP contribution < -0.4 is 11.1 Å². The molecule has 9 heteroatoms. The van der Waals surface area contributed by atoms with E-state index < -0.39 is 0 Å². The lowest BCUT2D eigenvalue weighted by Crippen LogP contribution is -2.34. The number of nitrogens with two attached hydrogens (primary N) is 1. The molecule has 1 aliphatic rings. The zero-order chi connectivity index (χ0) is 21.2. The molecule has 1 saturated heterocycles. The molecule has 3 N–H and O–H groups in total. The second-order valence-electron chi connectivity index (χ2n) is 8.19. The highest BCUT2D eigenvalue weighted by atomic mass is 32.2. The van der Waals surface area contributed by atoms with Gasteiger partial charge in [0.15, 0.2) is 5.16 Å². The van der Waals surface area contributed by atoms with E-state index in [9.17, 15) is 9.59 Å². The van der Waals surface area contributed by atoms with Gasteiger partial charge in [-0.05, 0) is 32.1 Å². The first-order valence-corrected chi connectivity index (χ1v) is 11.6. The predicted molar refractivity (Wildman–Crippen MR) is 114 cm³/mol. The van der Waals surface area contributed by atoms with E-state index in [0.29, 0.717) is 29.9 Å². The maximum absolute atomic E-state index is 12.3. The number of ether oxygens (including phenoxy) is 1. The van der Waals surface area contributed by atoms with E-state index in [-0.39, 0.29) is 36.1 Å². The fourth-order valence-corrected chi connectivity index (χ4v) is 4.15. The topological polar surface area (TPSA) is 112 Å². The number of carbonyl (C=O) groups is 2. The Hall–Kier alpha value is -1.61. The summed E-state index contributed by atoms with van der Waals surface area (Å²) in [5, 5.41) is 12.2. The summed E-state index contributed by atoms with van der Waals surface area (Å²) < 4.78 is 7.71. The Morgan fingerprint density at radius 3 is 2.76 bits per heavy atom. The number of amides is 2. The van der Waals surface area contributed by atoms with Crippen LogP contribution in [0.4, 0.5) is 0 Å². The average molecular weight is 426 g/mol. The zero-order valence-corrected chi connectivity index (χ0v) is 18.7. The minimum Gasteiger partial charge on any atom is -0.376 e. The van der Waals surface area contributed by atoms with Crippen molar-refractivity contribution in [3.63, 3.8) is 0 Å². The molecule has 1 aliphatic heterocycles. The number of carbonyl (C=O) groups excluding carboxylic acids is 2. The molecule has 0 saturated carbocycles. The van der Waals surface area contributed by atoms with Crippen LogP contribution in [-0.4, -0.2) is 51.1 Å². The van der Waals surface area contributed by atoms with Gasteiger partial charge in [-0.3, -0.25) is 9.59 Å². The molecule has 0 spiro atoms. The monoisotopic (exact) mass is 425 g/mol. The first-order valence-electron chi connectivity index (χ1n) is 10.6. The first-order chi connectivity index (χ1) is 13.8. The van der Waals surface area contributed by atoms with Crippen LogP contribution in [0.5, 0.6) is 0 Å². The van der Waals surface area contributed by atoms with E-state index >= 15 is 0 Å². The van der Waals surface area contributed by atoms with Crippen molar-refractivity contribution in [2.24, 2.45) is 11.7 Å². The van der Waals surface area contributed by atoms with Gasteiger partial charge in [-0.1, -0.05) is 38.5 Å². The van der Waals surface area contributed by atoms with Gasteiger partial charge in [-0.15, -0.1) is 10.2 Å². The molecule has 0 aromatic carbocycles. The minimum absolute atomic E-state index is 0.00241. The highest BCUT2D eigenvalue weighted by molar-refractivity contribution is 7.99. The van der Waals surface area contributed by atoms with E-state index in [2.05, 4.69) is 29.4 Å². The zero-order valence-electron chi connectivity index (χ0n) is 17.9. The largest absolute Gasteiger partial charge is 0.376 e. The Morgan fingerprint density at radius 2 is 2.10 bits per heavy atom. The summed E-state index contributed by atoms with van der Waals surface area (Å²) >= 11 is 1.37. The van der Waals surface area contributed by atoms with Crippen LogP contribution in [-0.2, 0) is 27.3 Å². The summed E-state index contributed by atoms with van der Waals surface area (Å²) in [6.45, 7) is 7.87. The Bertz CT molecular complexity index is 659. The van der Waals surface area contributed by atoms with Crippen molar-refractivity contribution in [1.82, 2.24) is 20.1 Å². The van der Waals surface area contributed by atoms with Crippen molar-refractivity contribution in [1.29, 1.82) is 0 Å². The van der Waals surface area contributed by atoms with E-state index in [4.69, 9.17) is 10.5 Å². The molecular weight excluding hydrogens is 390 g/mol. The molecule has 2 atom stereocenters. The summed E-state index contributed by atoms with van der Waals surface area (Å²) in [5.74, 6) is 1.32. The predicted octanol–water partition coefficient (Wildman–Crippen LogP) is 2.30. The highest BCUT2D eigenvalue weighted by Gasteiger charge is 2.22. The molecule has 2 rings (SSSR count). The lowest BCUT2D eigenvalue weighted by Gasteiger charge is -2.16. The van der Waals surface area contributed by atoms with Gasteiger partial charge in [0.25, 0.3) is 0 Å². The molecule has 2 amide bonds. The first kappa shape index (κ1) is 23.7. The lowest BCUT2D eigenvalue weighted by molar-refractivity contribution is -0.119. The molecular formula is C20H35N5O3S. The van der Waals surface area contributed by atoms with Crippen LogP contribution in [0.1, 0.15) is 65.1 Å². The molecule has 164 valence electrons. The van der Waals surface area contributed by atoms with E-state index in [1.54, 1.807) is 0 Å². The molecule has 29 heavy (non-hydrogen) atoms. The van der Waals surface area contributed by atoms with Gasteiger partial charge in [0.2, 0.25) is 11.8 Å². The number of aromatic nitrogens is 3. The maximum Gasteiger partial charge on any atom is 0.230 e. The lowest BCUT2D eigenvalue weighted by atomic mass is 10.0. The molecule has 1 aromatic rings. The van der Waals surface area contributed by atoms with Crippen molar-refractivity contribution in [3.8, 4) is 0 Å². The van der Waals surface area contributed by atoms with Gasteiger partial charge >= 0.3 is 0 Å². The standard InChI is InChI=1S/C20H35N5O3S/c1-14(2)6-4-7-15(3)22-19(27)13-29-20-24-23-18(10-9-17(21)26)25(20)12-16-8-5-11-28-16/h14-16H,4-13H2,1-3H3,(H2,21,26)(H,22,27)/t15-,16+/m0/s1. The number of hydrogen-bond acceptors (Lipinski definition) is 6. The van der Waals surface area contributed by atoms with Gasteiger partial charge in [0, 0.05) is 25.5 Å². The second-order valence-corrected chi connectivity index (χ2v) is 9.14. The summed E-state index contributed by atoms with van der Waals surface area (Å²) in [7, 11) is 0. The van der Waals surface area contributed by atoms with Crippen molar-refractivity contribution in [3.05, 3.63) is 5.82 Å². The third-order valence-corrected chi connectivity index (χ3v) is 5.92. The number of thioether (sulfide) groups is 1. The highest BCUT2D eigenvalue weighted by Crippen LogP contribution is 2.22. The van der Waals surface area contributed by atoms with E-state index in [0.717, 1.165) is 32.3 Å². The van der Waals surface area contributed by atoms with Crippen LogP contribution in [0.3, 0.4) is 0 Å². The van der Waals surface area contributed by atoms with Crippen LogP contribution in [0.2, 0.25) is 0 Å². The minimum atomic E-state index is -0.364. The van der Waals surface area contributed by atoms with E-state index in [1.807, 2.05) is 11.5 Å². The number of nitrogens with one attached hydrogen (secondary N) is 1. The fraction of sp³-hybridized carbons (Fsp3) is 0.800. The summed E-state index contributed by atoms with van der Waals surface area (Å²) in [6.07, 6.45) is 6.10. The second kappa shape index (κ2) is 12.2. The molecule has 0 radical (unpaired) electrons. The Labute approximate surface area is 177 Å². The Morgan fingerprint density at radius 1 is 1.31 bits per heavy atom. The molecule has 1 fully saturated rings. The van der Waals surface area contributed by atoms with Crippen molar-refractivity contribution in [2.45, 2.75) is 89.6 Å². The number of aryl methyl sites for hydroxylation is 1. The number of primary amides is 1. The van der Waals surface area contributed by atoms with Crippen LogP contribution in [0.15, 0.2) is 5.16 Å². The van der Waals surface area contributed by atoms with Crippen LogP contribution >= 0.6 is 11.8 Å². The van der Waals surface area contributed by atoms with Crippen molar-refractivity contribution in [2.75, 3.05) is 12.4 Å². The molecule has 1 aromatic heterocycles. The van der Waals surface area contributed by atoms with Gasteiger partial charge in [0.05, 0.1) is 18.4 Å². The van der Waals surface area contributed by atoms with Crippen molar-refractivity contribution < 1.29 is 14.3 Å². The smallest absolute Gasteiger partial charge is 0.230 e. The normalized spacial score (nSPS) is 17.6. The quantitative estimate of drug-likeness (QED) is 0.469.